The summed E-state index contributed by atoms with van der Waals surface area (Å²) in [4.78, 5) is 11.0. The van der Waals surface area contributed by atoms with E-state index in [9.17, 15) is 13.6 Å². The predicted molar refractivity (Wildman–Crippen MR) is 40.1 cm³/mol. The lowest BCUT2D eigenvalue weighted by Crippen LogP contribution is -2.41. The van der Waals surface area contributed by atoms with E-state index in [0.717, 1.165) is 7.11 Å². The summed E-state index contributed by atoms with van der Waals surface area (Å²) in [6.45, 7) is 0. The Labute approximate surface area is 74.2 Å². The van der Waals surface area contributed by atoms with Gasteiger partial charge in [0.05, 0.1) is 12.5 Å². The topological polar surface area (TPSA) is 52.3 Å². The van der Waals surface area contributed by atoms with Crippen molar-refractivity contribution in [3.63, 3.8) is 0 Å². The van der Waals surface area contributed by atoms with Crippen LogP contribution in [0.25, 0.3) is 0 Å². The second kappa shape index (κ2) is 2.20. The van der Waals surface area contributed by atoms with Gasteiger partial charge in [0.25, 0.3) is 5.92 Å². The van der Waals surface area contributed by atoms with Crippen molar-refractivity contribution in [3.05, 3.63) is 0 Å². The van der Waals surface area contributed by atoms with Gasteiger partial charge >= 0.3 is 5.97 Å². The van der Waals surface area contributed by atoms with Crippen LogP contribution in [0.1, 0.15) is 12.8 Å². The molecule has 74 valence electrons. The summed E-state index contributed by atoms with van der Waals surface area (Å²) in [5.41, 5.74) is 4.28. The highest BCUT2D eigenvalue weighted by atomic mass is 19.3. The first-order valence-corrected chi connectivity index (χ1v) is 4.17. The van der Waals surface area contributed by atoms with Crippen molar-refractivity contribution in [1.29, 1.82) is 0 Å². The van der Waals surface area contributed by atoms with E-state index < -0.39 is 23.2 Å². The van der Waals surface area contributed by atoms with E-state index in [1.165, 1.54) is 0 Å². The maximum Gasteiger partial charge on any atom is 0.315 e. The van der Waals surface area contributed by atoms with Crippen molar-refractivity contribution in [2.24, 2.45) is 17.1 Å². The summed E-state index contributed by atoms with van der Waals surface area (Å²) in [5.74, 6) is -4.95. The van der Waals surface area contributed by atoms with E-state index in [2.05, 4.69) is 4.74 Å². The van der Waals surface area contributed by atoms with Gasteiger partial charge in [-0.25, -0.2) is 8.78 Å². The molecule has 2 rings (SSSR count). The zero-order valence-electron chi connectivity index (χ0n) is 7.22. The van der Waals surface area contributed by atoms with E-state index in [1.807, 2.05) is 0 Å². The number of hydrogen-bond donors (Lipinski definition) is 1. The van der Waals surface area contributed by atoms with Gasteiger partial charge in [-0.15, -0.1) is 0 Å². The van der Waals surface area contributed by atoms with Crippen LogP contribution in [0.3, 0.4) is 0 Å². The number of ether oxygens (including phenoxy) is 1. The van der Waals surface area contributed by atoms with Gasteiger partial charge in [0, 0.05) is 6.04 Å². The Hall–Kier alpha value is -0.710. The van der Waals surface area contributed by atoms with Gasteiger partial charge in [0.2, 0.25) is 0 Å². The molecule has 0 amide bonds. The average molecular weight is 191 g/mol. The molecule has 0 heterocycles. The summed E-state index contributed by atoms with van der Waals surface area (Å²) >= 11 is 0. The van der Waals surface area contributed by atoms with Crippen LogP contribution in [-0.4, -0.2) is 25.0 Å². The lowest BCUT2D eigenvalue weighted by Gasteiger charge is -2.32. The highest BCUT2D eigenvalue weighted by molar-refractivity contribution is 5.80. The lowest BCUT2D eigenvalue weighted by molar-refractivity contribution is -0.145. The smallest absolute Gasteiger partial charge is 0.315 e. The molecule has 2 aliphatic carbocycles. The number of esters is 1. The molecule has 0 aliphatic heterocycles. The number of nitrogens with two attached hydrogens (primary N) is 1. The van der Waals surface area contributed by atoms with Crippen molar-refractivity contribution in [1.82, 2.24) is 0 Å². The SMILES string of the molecule is COC(=O)[C@@H]1C(F)(F)C12CC(N)C2. The Morgan fingerprint density at radius 1 is 1.54 bits per heavy atom. The van der Waals surface area contributed by atoms with E-state index in [-0.39, 0.29) is 18.9 Å². The van der Waals surface area contributed by atoms with Crippen molar-refractivity contribution < 1.29 is 18.3 Å². The summed E-state index contributed by atoms with van der Waals surface area (Å²) in [6.07, 6.45) is 0.472. The Kier molecular flexibility index (Phi) is 1.50. The fraction of sp³-hybridized carbons (Fsp3) is 0.875. The van der Waals surface area contributed by atoms with Crippen LogP contribution in [-0.2, 0) is 9.53 Å². The molecule has 1 atom stereocenters. The average Bonchev–Trinajstić information content (AvgIpc) is 2.47. The molecule has 3 nitrogen and oxygen atoms in total. The zero-order valence-corrected chi connectivity index (χ0v) is 7.22. The van der Waals surface area contributed by atoms with Crippen LogP contribution >= 0.6 is 0 Å². The summed E-state index contributed by atoms with van der Waals surface area (Å²) in [5, 5.41) is 0. The number of alkyl halides is 2. The van der Waals surface area contributed by atoms with Crippen LogP contribution in [0, 0.1) is 11.3 Å². The summed E-state index contributed by atoms with van der Waals surface area (Å²) < 4.78 is 30.6. The first-order chi connectivity index (χ1) is 5.95. The molecule has 2 N–H and O–H groups in total. The van der Waals surface area contributed by atoms with E-state index in [0.29, 0.717) is 0 Å². The Morgan fingerprint density at radius 2 is 2.08 bits per heavy atom. The third kappa shape index (κ3) is 0.829. The molecular weight excluding hydrogens is 180 g/mol. The van der Waals surface area contributed by atoms with E-state index in [4.69, 9.17) is 5.73 Å². The second-order valence-corrected chi connectivity index (χ2v) is 3.90. The number of halogens is 2. The molecule has 0 saturated heterocycles. The van der Waals surface area contributed by atoms with Crippen molar-refractivity contribution in [3.8, 4) is 0 Å². The molecular formula is C8H11F2NO2. The summed E-state index contributed by atoms with van der Waals surface area (Å²) in [6, 6.07) is -0.180. The Balaban J connectivity index is 2.13. The number of carbonyl (C=O) groups is 1. The first-order valence-electron chi connectivity index (χ1n) is 4.17. The minimum atomic E-state index is -2.89. The first kappa shape index (κ1) is 8.87. The van der Waals surface area contributed by atoms with Crippen molar-refractivity contribution >= 4 is 5.97 Å². The molecule has 0 bridgehead atoms. The Bertz CT molecular complexity index is 261. The minimum Gasteiger partial charge on any atom is -0.469 e. The monoisotopic (exact) mass is 191 g/mol. The standard InChI is InChI=1S/C8H11F2NO2/c1-13-6(12)5-7(8(5,9)10)2-4(11)3-7/h4-5H,2-3,11H2,1H3/t4?,5-,7?/m0/s1. The quantitative estimate of drug-likeness (QED) is 0.615. The fourth-order valence-corrected chi connectivity index (χ4v) is 2.38. The Morgan fingerprint density at radius 3 is 2.46 bits per heavy atom. The van der Waals surface area contributed by atoms with Gasteiger partial charge in [-0.1, -0.05) is 0 Å². The molecule has 0 aromatic heterocycles. The molecule has 0 radical (unpaired) electrons. The molecule has 2 aliphatic rings. The maximum absolute atomic E-state index is 13.2. The van der Waals surface area contributed by atoms with Crippen LogP contribution in [0.15, 0.2) is 0 Å². The molecule has 2 saturated carbocycles. The van der Waals surface area contributed by atoms with Crippen LogP contribution < -0.4 is 5.73 Å². The molecule has 0 aromatic carbocycles. The highest BCUT2D eigenvalue weighted by Gasteiger charge is 2.86. The minimum absolute atomic E-state index is 0.180. The molecule has 0 unspecified atom stereocenters. The second-order valence-electron chi connectivity index (χ2n) is 3.90. The van der Waals surface area contributed by atoms with Gasteiger partial charge in [0.1, 0.15) is 5.92 Å². The van der Waals surface area contributed by atoms with E-state index >= 15 is 0 Å². The van der Waals surface area contributed by atoms with Gasteiger partial charge in [0.15, 0.2) is 0 Å². The molecule has 5 heteroatoms. The number of hydrogen-bond acceptors (Lipinski definition) is 3. The van der Waals surface area contributed by atoms with Gasteiger partial charge in [-0.2, -0.15) is 0 Å². The third-order valence-corrected chi connectivity index (χ3v) is 3.19. The number of carbonyl (C=O) groups excluding carboxylic acids is 1. The van der Waals surface area contributed by atoms with Crippen LogP contribution in [0.4, 0.5) is 8.78 Å². The maximum atomic E-state index is 13.2. The highest BCUT2D eigenvalue weighted by Crippen LogP contribution is 2.75. The lowest BCUT2D eigenvalue weighted by atomic mass is 9.75. The largest absolute Gasteiger partial charge is 0.469 e. The van der Waals surface area contributed by atoms with Gasteiger partial charge in [-0.3, -0.25) is 4.79 Å². The van der Waals surface area contributed by atoms with E-state index in [1.54, 1.807) is 0 Å². The fourth-order valence-electron chi connectivity index (χ4n) is 2.38. The predicted octanol–water partition coefficient (Wildman–Crippen LogP) is 0.532. The zero-order chi connectivity index (χ0) is 9.85. The van der Waals surface area contributed by atoms with Gasteiger partial charge in [-0.05, 0) is 12.8 Å². The van der Waals surface area contributed by atoms with Crippen molar-refractivity contribution in [2.45, 2.75) is 24.8 Å². The molecule has 13 heavy (non-hydrogen) atoms. The molecule has 0 aromatic rings. The third-order valence-electron chi connectivity index (χ3n) is 3.19. The van der Waals surface area contributed by atoms with Crippen LogP contribution in [0.5, 0.6) is 0 Å². The number of methoxy groups -OCH3 is 1. The normalized spacial score (nSPS) is 45.5. The van der Waals surface area contributed by atoms with Crippen molar-refractivity contribution in [2.75, 3.05) is 7.11 Å². The summed E-state index contributed by atoms with van der Waals surface area (Å²) in [7, 11) is 1.13. The number of rotatable bonds is 1. The van der Waals surface area contributed by atoms with Crippen LogP contribution in [0.2, 0.25) is 0 Å². The molecule has 2 fully saturated rings. The molecule has 1 spiro atoms. The van der Waals surface area contributed by atoms with Gasteiger partial charge < -0.3 is 10.5 Å².